The number of carbonyl (C=O) groups is 1. The standard InChI is InChI=1S/C20H20N2O2S/c21-12-16-6-1-2-7-17(16)14-25-10-9-22-20(23)18-11-15-5-3-4-8-19(15)24-13-18/h1-8,18H,9-11,13-14H2,(H,22,23). The topological polar surface area (TPSA) is 62.1 Å². The van der Waals surface area contributed by atoms with E-state index in [1.54, 1.807) is 11.8 Å². The SMILES string of the molecule is N#Cc1ccccc1CSCCNC(=O)C1COc2ccccc2C1. The molecular weight excluding hydrogens is 332 g/mol. The molecular formula is C20H20N2O2S. The lowest BCUT2D eigenvalue weighted by Gasteiger charge is -2.24. The van der Waals surface area contributed by atoms with Gasteiger partial charge in [-0.2, -0.15) is 17.0 Å². The van der Waals surface area contributed by atoms with Gasteiger partial charge in [0.15, 0.2) is 0 Å². The average Bonchev–Trinajstić information content (AvgIpc) is 2.67. The van der Waals surface area contributed by atoms with Gasteiger partial charge in [-0.3, -0.25) is 4.79 Å². The fraction of sp³-hybridized carbons (Fsp3) is 0.300. The summed E-state index contributed by atoms with van der Waals surface area (Å²) < 4.78 is 5.67. The van der Waals surface area contributed by atoms with E-state index in [-0.39, 0.29) is 11.8 Å². The first-order valence-electron chi connectivity index (χ1n) is 8.32. The Morgan fingerprint density at radius 3 is 2.92 bits per heavy atom. The molecule has 3 rings (SSSR count). The lowest BCUT2D eigenvalue weighted by molar-refractivity contribution is -0.126. The van der Waals surface area contributed by atoms with E-state index < -0.39 is 0 Å². The zero-order valence-electron chi connectivity index (χ0n) is 13.9. The molecule has 1 amide bonds. The van der Waals surface area contributed by atoms with Gasteiger partial charge < -0.3 is 10.1 Å². The Morgan fingerprint density at radius 2 is 2.04 bits per heavy atom. The summed E-state index contributed by atoms with van der Waals surface area (Å²) >= 11 is 1.72. The molecule has 0 saturated carbocycles. The van der Waals surface area contributed by atoms with Gasteiger partial charge in [0.25, 0.3) is 0 Å². The van der Waals surface area contributed by atoms with Gasteiger partial charge in [0.05, 0.1) is 17.6 Å². The van der Waals surface area contributed by atoms with Crippen molar-refractivity contribution in [2.45, 2.75) is 12.2 Å². The van der Waals surface area contributed by atoms with Gasteiger partial charge in [-0.25, -0.2) is 0 Å². The van der Waals surface area contributed by atoms with Crippen molar-refractivity contribution in [3.63, 3.8) is 0 Å². The number of nitrogens with one attached hydrogen (secondary N) is 1. The maximum atomic E-state index is 12.3. The number of hydrogen-bond acceptors (Lipinski definition) is 4. The van der Waals surface area contributed by atoms with Crippen LogP contribution >= 0.6 is 11.8 Å². The smallest absolute Gasteiger partial charge is 0.226 e. The number of para-hydroxylation sites is 1. The zero-order valence-corrected chi connectivity index (χ0v) is 14.7. The van der Waals surface area contributed by atoms with Crippen molar-refractivity contribution in [2.24, 2.45) is 5.92 Å². The van der Waals surface area contributed by atoms with E-state index >= 15 is 0 Å². The molecule has 1 atom stereocenters. The molecule has 4 nitrogen and oxygen atoms in total. The van der Waals surface area contributed by atoms with E-state index in [9.17, 15) is 4.79 Å². The van der Waals surface area contributed by atoms with Crippen molar-refractivity contribution >= 4 is 17.7 Å². The highest BCUT2D eigenvalue weighted by atomic mass is 32.2. The molecule has 1 heterocycles. The second-order valence-electron chi connectivity index (χ2n) is 5.93. The molecule has 0 aliphatic carbocycles. The van der Waals surface area contributed by atoms with Crippen molar-refractivity contribution in [3.8, 4) is 11.8 Å². The molecule has 5 heteroatoms. The Kier molecular flexibility index (Phi) is 5.97. The average molecular weight is 352 g/mol. The summed E-state index contributed by atoms with van der Waals surface area (Å²) in [5.74, 6) is 2.40. The van der Waals surface area contributed by atoms with Crippen LogP contribution in [0.1, 0.15) is 16.7 Å². The van der Waals surface area contributed by atoms with Gasteiger partial charge in [-0.1, -0.05) is 36.4 Å². The van der Waals surface area contributed by atoms with Gasteiger partial charge in [0.1, 0.15) is 12.4 Å². The van der Waals surface area contributed by atoms with Gasteiger partial charge in [-0.15, -0.1) is 0 Å². The predicted molar refractivity (Wildman–Crippen MR) is 99.5 cm³/mol. The molecule has 1 N–H and O–H groups in total. The minimum absolute atomic E-state index is 0.0486. The van der Waals surface area contributed by atoms with Crippen LogP contribution in [0, 0.1) is 17.2 Å². The number of benzene rings is 2. The molecule has 1 aliphatic rings. The van der Waals surface area contributed by atoms with Crippen molar-refractivity contribution in [3.05, 3.63) is 65.2 Å². The molecule has 2 aromatic carbocycles. The first-order valence-corrected chi connectivity index (χ1v) is 9.47. The molecule has 0 fully saturated rings. The second-order valence-corrected chi connectivity index (χ2v) is 7.04. The number of fused-ring (bicyclic) bond motifs is 1. The normalized spacial score (nSPS) is 15.6. The molecule has 0 bridgehead atoms. The lowest BCUT2D eigenvalue weighted by Crippen LogP contribution is -2.38. The zero-order chi connectivity index (χ0) is 17.5. The van der Waals surface area contributed by atoms with Crippen LogP contribution in [0.4, 0.5) is 0 Å². The van der Waals surface area contributed by atoms with Gasteiger partial charge in [0, 0.05) is 18.1 Å². The molecule has 0 aromatic heterocycles. The van der Waals surface area contributed by atoms with E-state index in [1.165, 1.54) is 0 Å². The van der Waals surface area contributed by atoms with Gasteiger partial charge in [-0.05, 0) is 29.7 Å². The Labute approximate surface area is 152 Å². The fourth-order valence-electron chi connectivity index (χ4n) is 2.82. The first-order chi connectivity index (χ1) is 12.3. The monoisotopic (exact) mass is 352 g/mol. The number of carbonyl (C=O) groups excluding carboxylic acids is 1. The quantitative estimate of drug-likeness (QED) is 0.811. The van der Waals surface area contributed by atoms with E-state index in [0.29, 0.717) is 13.2 Å². The summed E-state index contributed by atoms with van der Waals surface area (Å²) in [5.41, 5.74) is 2.85. The number of hydrogen-bond donors (Lipinski definition) is 1. The van der Waals surface area contributed by atoms with E-state index in [0.717, 1.165) is 40.4 Å². The highest BCUT2D eigenvalue weighted by molar-refractivity contribution is 7.98. The van der Waals surface area contributed by atoms with Crippen LogP contribution in [0.2, 0.25) is 0 Å². The van der Waals surface area contributed by atoms with Crippen LogP contribution in [-0.2, 0) is 17.0 Å². The Morgan fingerprint density at radius 1 is 1.24 bits per heavy atom. The first kappa shape index (κ1) is 17.4. The number of nitriles is 1. The number of thioether (sulfide) groups is 1. The Balaban J connectivity index is 1.40. The van der Waals surface area contributed by atoms with Gasteiger partial charge in [0.2, 0.25) is 5.91 Å². The maximum absolute atomic E-state index is 12.3. The lowest BCUT2D eigenvalue weighted by atomic mass is 9.96. The van der Waals surface area contributed by atoms with E-state index in [4.69, 9.17) is 10.00 Å². The molecule has 2 aromatic rings. The number of rotatable bonds is 6. The van der Waals surface area contributed by atoms with Crippen LogP contribution in [-0.4, -0.2) is 24.8 Å². The van der Waals surface area contributed by atoms with Crippen LogP contribution in [0.3, 0.4) is 0 Å². The summed E-state index contributed by atoms with van der Waals surface area (Å²) in [7, 11) is 0. The van der Waals surface area contributed by atoms with Crippen molar-refractivity contribution in [1.29, 1.82) is 5.26 Å². The minimum atomic E-state index is -0.126. The summed E-state index contributed by atoms with van der Waals surface area (Å²) in [5, 5.41) is 12.1. The van der Waals surface area contributed by atoms with Crippen LogP contribution in [0.5, 0.6) is 5.75 Å². The fourth-order valence-corrected chi connectivity index (χ4v) is 3.69. The Hall–Kier alpha value is -2.45. The molecule has 1 aliphatic heterocycles. The maximum Gasteiger partial charge on any atom is 0.226 e. The largest absolute Gasteiger partial charge is 0.492 e. The number of nitrogens with zero attached hydrogens (tertiary/aromatic N) is 1. The van der Waals surface area contributed by atoms with E-state index in [2.05, 4.69) is 11.4 Å². The summed E-state index contributed by atoms with van der Waals surface area (Å²) in [4.78, 5) is 12.3. The third-order valence-electron chi connectivity index (χ3n) is 4.19. The Bertz CT molecular complexity index is 785. The summed E-state index contributed by atoms with van der Waals surface area (Å²) in [6, 6.07) is 17.7. The van der Waals surface area contributed by atoms with Crippen molar-refractivity contribution in [1.82, 2.24) is 5.32 Å². The van der Waals surface area contributed by atoms with E-state index in [1.807, 2.05) is 48.5 Å². The van der Waals surface area contributed by atoms with Crippen molar-refractivity contribution in [2.75, 3.05) is 18.9 Å². The summed E-state index contributed by atoms with van der Waals surface area (Å²) in [6.07, 6.45) is 0.727. The predicted octanol–water partition coefficient (Wildman–Crippen LogP) is 3.16. The third kappa shape index (κ3) is 4.55. The molecule has 0 radical (unpaired) electrons. The molecule has 25 heavy (non-hydrogen) atoms. The molecule has 128 valence electrons. The van der Waals surface area contributed by atoms with Crippen molar-refractivity contribution < 1.29 is 9.53 Å². The highest BCUT2D eigenvalue weighted by Gasteiger charge is 2.25. The second kappa shape index (κ2) is 8.59. The highest BCUT2D eigenvalue weighted by Crippen LogP contribution is 2.26. The number of amides is 1. The number of ether oxygens (including phenoxy) is 1. The minimum Gasteiger partial charge on any atom is -0.492 e. The van der Waals surface area contributed by atoms with Crippen LogP contribution in [0.15, 0.2) is 48.5 Å². The van der Waals surface area contributed by atoms with Gasteiger partial charge >= 0.3 is 0 Å². The van der Waals surface area contributed by atoms with Crippen LogP contribution < -0.4 is 10.1 Å². The van der Waals surface area contributed by atoms with Crippen LogP contribution in [0.25, 0.3) is 0 Å². The summed E-state index contributed by atoms with van der Waals surface area (Å²) in [6.45, 7) is 1.06. The molecule has 1 unspecified atom stereocenters. The third-order valence-corrected chi connectivity index (χ3v) is 5.20. The molecule has 0 saturated heterocycles. The molecule has 0 spiro atoms.